The smallest absolute Gasteiger partial charge is 0.180 e. The minimum atomic E-state index is -0.309. The molecule has 0 fully saturated rings. The van der Waals surface area contributed by atoms with Crippen LogP contribution in [0.2, 0.25) is 5.02 Å². The maximum atomic E-state index is 13.9. The standard InChI is InChI=1S/C24H25ClFNO2/c1-4-28-23-13-18(14-27-22-11-7-8-16(2)17(22)3)12-20(25)24(23)29-15-19-9-5-6-10-21(19)26/h5-13,27H,4,14-15H2,1-3H3. The topological polar surface area (TPSA) is 30.5 Å². The van der Waals surface area contributed by atoms with Gasteiger partial charge in [-0.25, -0.2) is 4.39 Å². The molecule has 152 valence electrons. The molecule has 0 amide bonds. The van der Waals surface area contributed by atoms with Crippen LogP contribution in [-0.4, -0.2) is 6.61 Å². The number of aryl methyl sites for hydroxylation is 1. The van der Waals surface area contributed by atoms with Crippen LogP contribution in [0.15, 0.2) is 54.6 Å². The molecule has 0 saturated heterocycles. The van der Waals surface area contributed by atoms with Gasteiger partial charge < -0.3 is 14.8 Å². The van der Waals surface area contributed by atoms with Crippen molar-refractivity contribution in [3.63, 3.8) is 0 Å². The van der Waals surface area contributed by atoms with Crippen LogP contribution in [0.25, 0.3) is 0 Å². The molecule has 0 aliphatic rings. The lowest BCUT2D eigenvalue weighted by molar-refractivity contribution is 0.266. The zero-order valence-electron chi connectivity index (χ0n) is 16.9. The van der Waals surface area contributed by atoms with E-state index in [9.17, 15) is 4.39 Å². The third-order valence-corrected chi connectivity index (χ3v) is 5.07. The summed E-state index contributed by atoms with van der Waals surface area (Å²) in [7, 11) is 0. The van der Waals surface area contributed by atoms with Gasteiger partial charge in [0.2, 0.25) is 0 Å². The SMILES string of the molecule is CCOc1cc(CNc2cccc(C)c2C)cc(Cl)c1OCc1ccccc1F. The van der Waals surface area contributed by atoms with Crippen LogP contribution < -0.4 is 14.8 Å². The van der Waals surface area contributed by atoms with E-state index in [2.05, 4.69) is 31.3 Å². The van der Waals surface area contributed by atoms with Gasteiger partial charge in [0.1, 0.15) is 12.4 Å². The molecule has 0 radical (unpaired) electrons. The Kier molecular flexibility index (Phi) is 6.99. The Morgan fingerprint density at radius 3 is 2.55 bits per heavy atom. The highest BCUT2D eigenvalue weighted by molar-refractivity contribution is 6.32. The highest BCUT2D eigenvalue weighted by Gasteiger charge is 2.14. The third kappa shape index (κ3) is 5.21. The van der Waals surface area contributed by atoms with Crippen molar-refractivity contribution in [1.29, 1.82) is 0 Å². The number of ether oxygens (including phenoxy) is 2. The van der Waals surface area contributed by atoms with Gasteiger partial charge in [-0.1, -0.05) is 41.9 Å². The second-order valence-electron chi connectivity index (χ2n) is 6.82. The Bertz CT molecular complexity index is 991. The lowest BCUT2D eigenvalue weighted by atomic mass is 10.1. The number of benzene rings is 3. The fourth-order valence-electron chi connectivity index (χ4n) is 3.03. The van der Waals surface area contributed by atoms with Gasteiger partial charge in [0.05, 0.1) is 11.6 Å². The minimum absolute atomic E-state index is 0.0759. The average Bonchev–Trinajstić information content (AvgIpc) is 2.70. The summed E-state index contributed by atoms with van der Waals surface area (Å²) in [5, 5.41) is 3.88. The molecule has 0 bridgehead atoms. The van der Waals surface area contributed by atoms with Crippen LogP contribution in [0.4, 0.5) is 10.1 Å². The van der Waals surface area contributed by atoms with Gasteiger partial charge in [0.25, 0.3) is 0 Å². The van der Waals surface area contributed by atoms with Crippen molar-refractivity contribution in [2.45, 2.75) is 33.9 Å². The van der Waals surface area contributed by atoms with E-state index in [1.165, 1.54) is 17.2 Å². The summed E-state index contributed by atoms with van der Waals surface area (Å²) in [6.07, 6.45) is 0. The van der Waals surface area contributed by atoms with E-state index < -0.39 is 0 Å². The van der Waals surface area contributed by atoms with E-state index >= 15 is 0 Å². The van der Waals surface area contributed by atoms with Crippen LogP contribution in [-0.2, 0) is 13.2 Å². The van der Waals surface area contributed by atoms with Gasteiger partial charge >= 0.3 is 0 Å². The Labute approximate surface area is 176 Å². The summed E-state index contributed by atoms with van der Waals surface area (Å²) in [6, 6.07) is 16.4. The van der Waals surface area contributed by atoms with Gasteiger partial charge in [-0.3, -0.25) is 0 Å². The molecular formula is C24H25ClFNO2. The molecule has 0 saturated carbocycles. The van der Waals surface area contributed by atoms with Crippen molar-refractivity contribution >= 4 is 17.3 Å². The molecule has 0 aromatic heterocycles. The summed E-state index contributed by atoms with van der Waals surface area (Å²) in [5.74, 6) is 0.664. The predicted molar refractivity (Wildman–Crippen MR) is 117 cm³/mol. The molecule has 0 spiro atoms. The lowest BCUT2D eigenvalue weighted by Gasteiger charge is -2.17. The first-order valence-electron chi connectivity index (χ1n) is 9.61. The number of hydrogen-bond donors (Lipinski definition) is 1. The van der Waals surface area contributed by atoms with Crippen molar-refractivity contribution < 1.29 is 13.9 Å². The molecule has 3 aromatic rings. The first kappa shape index (κ1) is 21.0. The number of rotatable bonds is 8. The number of anilines is 1. The Morgan fingerprint density at radius 2 is 1.79 bits per heavy atom. The molecule has 0 unspecified atom stereocenters. The van der Waals surface area contributed by atoms with Gasteiger partial charge in [0, 0.05) is 17.8 Å². The molecule has 3 nitrogen and oxygen atoms in total. The van der Waals surface area contributed by atoms with Gasteiger partial charge in [-0.2, -0.15) is 0 Å². The third-order valence-electron chi connectivity index (χ3n) is 4.79. The normalized spacial score (nSPS) is 10.7. The molecule has 0 heterocycles. The molecule has 3 rings (SSSR count). The molecule has 0 aliphatic heterocycles. The van der Waals surface area contributed by atoms with Gasteiger partial charge in [-0.15, -0.1) is 0 Å². The van der Waals surface area contributed by atoms with E-state index in [0.717, 1.165) is 11.3 Å². The van der Waals surface area contributed by atoms with E-state index in [0.29, 0.717) is 35.2 Å². The molecule has 1 N–H and O–H groups in total. The zero-order chi connectivity index (χ0) is 20.8. The van der Waals surface area contributed by atoms with Crippen molar-refractivity contribution in [3.05, 3.63) is 87.7 Å². The quantitative estimate of drug-likeness (QED) is 0.446. The Balaban J connectivity index is 1.78. The van der Waals surface area contributed by atoms with E-state index in [-0.39, 0.29) is 12.4 Å². The summed E-state index contributed by atoms with van der Waals surface area (Å²) in [6.45, 7) is 7.22. The largest absolute Gasteiger partial charge is 0.490 e. The molecule has 0 atom stereocenters. The van der Waals surface area contributed by atoms with Crippen LogP contribution in [0.1, 0.15) is 29.2 Å². The zero-order valence-corrected chi connectivity index (χ0v) is 17.6. The van der Waals surface area contributed by atoms with E-state index in [1.807, 2.05) is 25.1 Å². The van der Waals surface area contributed by atoms with Gasteiger partial charge in [-0.05, 0) is 61.7 Å². The number of halogens is 2. The number of hydrogen-bond acceptors (Lipinski definition) is 3. The van der Waals surface area contributed by atoms with Crippen LogP contribution in [0, 0.1) is 19.7 Å². The maximum Gasteiger partial charge on any atom is 0.180 e. The summed E-state index contributed by atoms with van der Waals surface area (Å²) in [5.41, 5.74) is 4.97. The van der Waals surface area contributed by atoms with Crippen molar-refractivity contribution in [3.8, 4) is 11.5 Å². The fraction of sp³-hybridized carbons (Fsp3) is 0.250. The van der Waals surface area contributed by atoms with Gasteiger partial charge in [0.15, 0.2) is 11.5 Å². The average molecular weight is 414 g/mol. The molecule has 3 aromatic carbocycles. The summed E-state index contributed by atoms with van der Waals surface area (Å²) in [4.78, 5) is 0. The van der Waals surface area contributed by atoms with Crippen LogP contribution in [0.3, 0.4) is 0 Å². The molecule has 29 heavy (non-hydrogen) atoms. The number of nitrogens with one attached hydrogen (secondary N) is 1. The molecular weight excluding hydrogens is 389 g/mol. The highest BCUT2D eigenvalue weighted by Crippen LogP contribution is 2.37. The second-order valence-corrected chi connectivity index (χ2v) is 7.23. The fourth-order valence-corrected chi connectivity index (χ4v) is 3.32. The second kappa shape index (κ2) is 9.66. The molecule has 5 heteroatoms. The maximum absolute atomic E-state index is 13.9. The highest BCUT2D eigenvalue weighted by atomic mass is 35.5. The van der Waals surface area contributed by atoms with E-state index in [4.69, 9.17) is 21.1 Å². The first-order chi connectivity index (χ1) is 14.0. The lowest BCUT2D eigenvalue weighted by Crippen LogP contribution is -2.05. The Hall–Kier alpha value is -2.72. The van der Waals surface area contributed by atoms with Crippen molar-refractivity contribution in [1.82, 2.24) is 0 Å². The Morgan fingerprint density at radius 1 is 1.00 bits per heavy atom. The van der Waals surface area contributed by atoms with Crippen LogP contribution in [0.5, 0.6) is 11.5 Å². The van der Waals surface area contributed by atoms with E-state index in [1.54, 1.807) is 18.2 Å². The molecule has 0 aliphatic carbocycles. The van der Waals surface area contributed by atoms with Crippen LogP contribution >= 0.6 is 11.6 Å². The van der Waals surface area contributed by atoms with Crippen molar-refractivity contribution in [2.75, 3.05) is 11.9 Å². The summed E-state index contributed by atoms with van der Waals surface area (Å²) >= 11 is 6.49. The predicted octanol–water partition coefficient (Wildman–Crippen LogP) is 6.69. The first-order valence-corrected chi connectivity index (χ1v) is 9.99. The summed E-state index contributed by atoms with van der Waals surface area (Å²) < 4.78 is 25.4. The van der Waals surface area contributed by atoms with Crippen molar-refractivity contribution in [2.24, 2.45) is 0 Å². The monoisotopic (exact) mass is 413 g/mol. The minimum Gasteiger partial charge on any atom is -0.490 e.